The van der Waals surface area contributed by atoms with E-state index in [9.17, 15) is 14.7 Å². The van der Waals surface area contributed by atoms with Crippen molar-refractivity contribution in [2.75, 3.05) is 5.01 Å². The number of rotatable bonds is 5. The number of carboxylic acid groups (broad SMARTS) is 1. The van der Waals surface area contributed by atoms with Crippen molar-refractivity contribution in [1.82, 2.24) is 5.01 Å². The maximum atomic E-state index is 12.0. The maximum Gasteiger partial charge on any atom is 0.339 e. The van der Waals surface area contributed by atoms with Gasteiger partial charge in [-0.05, 0) is 28.8 Å². The van der Waals surface area contributed by atoms with Crippen molar-refractivity contribution in [3.8, 4) is 11.1 Å². The van der Waals surface area contributed by atoms with Crippen molar-refractivity contribution in [2.24, 2.45) is 0 Å². The fourth-order valence-corrected chi connectivity index (χ4v) is 4.60. The second-order valence-electron chi connectivity index (χ2n) is 6.18. The molecule has 1 aromatic heterocycles. The van der Waals surface area contributed by atoms with Crippen molar-refractivity contribution in [3.63, 3.8) is 0 Å². The van der Waals surface area contributed by atoms with Crippen LogP contribution in [0.4, 0.5) is 5.00 Å². The number of thiophene rings is 1. The van der Waals surface area contributed by atoms with Crippen molar-refractivity contribution >= 4 is 44.6 Å². The van der Waals surface area contributed by atoms with Gasteiger partial charge >= 0.3 is 5.97 Å². The SMILES string of the molecule is O=CN(c1scc(-c2ccc(Br)cc2)c1C(=O)O)N1Cc2ccccc2C1. The van der Waals surface area contributed by atoms with Gasteiger partial charge in [-0.2, -0.15) is 0 Å². The highest BCUT2D eigenvalue weighted by molar-refractivity contribution is 9.10. The first-order valence-corrected chi connectivity index (χ1v) is 9.92. The number of hydrogen-bond donors (Lipinski definition) is 1. The maximum absolute atomic E-state index is 12.0. The van der Waals surface area contributed by atoms with Crippen LogP contribution in [0.15, 0.2) is 58.4 Å². The van der Waals surface area contributed by atoms with Gasteiger partial charge in [0, 0.05) is 28.5 Å². The number of benzene rings is 2. The van der Waals surface area contributed by atoms with Gasteiger partial charge in [-0.1, -0.05) is 52.3 Å². The van der Waals surface area contributed by atoms with Crippen LogP contribution >= 0.6 is 27.3 Å². The van der Waals surface area contributed by atoms with Crippen LogP contribution in [-0.4, -0.2) is 22.5 Å². The number of hydrogen-bond acceptors (Lipinski definition) is 4. The molecule has 7 heteroatoms. The fraction of sp³-hybridized carbons (Fsp3) is 0.100. The number of amides is 1. The zero-order chi connectivity index (χ0) is 19.0. The first-order chi connectivity index (χ1) is 13.1. The summed E-state index contributed by atoms with van der Waals surface area (Å²) < 4.78 is 0.919. The van der Waals surface area contributed by atoms with E-state index in [2.05, 4.69) is 15.9 Å². The van der Waals surface area contributed by atoms with Crippen molar-refractivity contribution in [2.45, 2.75) is 13.1 Å². The van der Waals surface area contributed by atoms with E-state index < -0.39 is 5.97 Å². The van der Waals surface area contributed by atoms with Crippen LogP contribution in [0.25, 0.3) is 11.1 Å². The zero-order valence-electron chi connectivity index (χ0n) is 14.1. The van der Waals surface area contributed by atoms with Gasteiger partial charge in [-0.3, -0.25) is 4.79 Å². The number of anilines is 1. The molecule has 0 spiro atoms. The molecule has 0 saturated carbocycles. The van der Waals surface area contributed by atoms with E-state index in [-0.39, 0.29) is 5.56 Å². The van der Waals surface area contributed by atoms with Crippen molar-refractivity contribution in [1.29, 1.82) is 0 Å². The molecule has 0 saturated heterocycles. The van der Waals surface area contributed by atoms with Crippen LogP contribution in [0.1, 0.15) is 21.5 Å². The Balaban J connectivity index is 1.73. The summed E-state index contributed by atoms with van der Waals surface area (Å²) in [5.74, 6) is -1.05. The first-order valence-electron chi connectivity index (χ1n) is 8.25. The Bertz CT molecular complexity index is 991. The van der Waals surface area contributed by atoms with Crippen LogP contribution < -0.4 is 5.01 Å². The summed E-state index contributed by atoms with van der Waals surface area (Å²) >= 11 is 4.65. The average Bonchev–Trinajstić information content (AvgIpc) is 3.27. The summed E-state index contributed by atoms with van der Waals surface area (Å²) in [6, 6.07) is 15.4. The van der Waals surface area contributed by atoms with Crippen LogP contribution in [-0.2, 0) is 17.9 Å². The smallest absolute Gasteiger partial charge is 0.339 e. The molecule has 2 heterocycles. The summed E-state index contributed by atoms with van der Waals surface area (Å²) in [5.41, 5.74) is 3.84. The molecule has 0 fully saturated rings. The molecular formula is C20H15BrN2O3S. The number of nitrogens with zero attached hydrogens (tertiary/aromatic N) is 2. The van der Waals surface area contributed by atoms with Crippen LogP contribution in [0.5, 0.6) is 0 Å². The number of carbonyl (C=O) groups excluding carboxylic acids is 1. The molecular weight excluding hydrogens is 428 g/mol. The lowest BCUT2D eigenvalue weighted by atomic mass is 10.0. The Morgan fingerprint density at radius 1 is 1.11 bits per heavy atom. The van der Waals surface area contributed by atoms with E-state index in [0.717, 1.165) is 21.2 Å². The van der Waals surface area contributed by atoms with Gasteiger partial charge in [0.2, 0.25) is 6.41 Å². The third-order valence-corrected chi connectivity index (χ3v) is 6.07. The minimum absolute atomic E-state index is 0.144. The molecule has 0 unspecified atom stereocenters. The second-order valence-corrected chi connectivity index (χ2v) is 7.96. The number of aromatic carboxylic acids is 1. The third kappa shape index (κ3) is 3.29. The van der Waals surface area contributed by atoms with Gasteiger partial charge in [0.25, 0.3) is 0 Å². The Labute approximate surface area is 168 Å². The van der Waals surface area contributed by atoms with Gasteiger partial charge in [0.15, 0.2) is 0 Å². The molecule has 5 nitrogen and oxygen atoms in total. The van der Waals surface area contributed by atoms with E-state index in [1.165, 1.54) is 16.3 Å². The number of carbonyl (C=O) groups is 2. The van der Waals surface area contributed by atoms with Crippen molar-refractivity contribution in [3.05, 3.63) is 75.1 Å². The van der Waals surface area contributed by atoms with E-state index in [0.29, 0.717) is 30.1 Å². The monoisotopic (exact) mass is 442 g/mol. The molecule has 0 radical (unpaired) electrons. The van der Waals surface area contributed by atoms with Crippen LogP contribution in [0.2, 0.25) is 0 Å². The Kier molecular flexibility index (Phi) is 4.82. The molecule has 27 heavy (non-hydrogen) atoms. The number of halogens is 1. The molecule has 4 rings (SSSR count). The van der Waals surface area contributed by atoms with Gasteiger partial charge < -0.3 is 5.11 Å². The summed E-state index contributed by atoms with van der Waals surface area (Å²) in [5, 5.41) is 15.4. The zero-order valence-corrected chi connectivity index (χ0v) is 16.5. The minimum Gasteiger partial charge on any atom is -0.478 e. The average molecular weight is 443 g/mol. The van der Waals surface area contributed by atoms with E-state index in [1.807, 2.05) is 53.5 Å². The predicted octanol–water partition coefficient (Wildman–Crippen LogP) is 4.77. The predicted molar refractivity (Wildman–Crippen MR) is 109 cm³/mol. The summed E-state index contributed by atoms with van der Waals surface area (Å²) in [6.07, 6.45) is 0.690. The molecule has 136 valence electrons. The summed E-state index contributed by atoms with van der Waals surface area (Å²) in [4.78, 5) is 23.9. The highest BCUT2D eigenvalue weighted by Crippen LogP contribution is 2.39. The quantitative estimate of drug-likeness (QED) is 0.578. The van der Waals surface area contributed by atoms with Gasteiger partial charge in [-0.25, -0.2) is 14.8 Å². The molecule has 1 N–H and O–H groups in total. The summed E-state index contributed by atoms with van der Waals surface area (Å²) in [6.45, 7) is 1.14. The van der Waals surface area contributed by atoms with Gasteiger partial charge in [0.1, 0.15) is 10.6 Å². The number of hydrazine groups is 1. The lowest BCUT2D eigenvalue weighted by Crippen LogP contribution is -2.38. The lowest BCUT2D eigenvalue weighted by molar-refractivity contribution is -0.110. The Hall–Kier alpha value is -2.48. The standard InChI is InChI=1S/C20H15BrN2O3S/c21-16-7-5-13(6-8-16)17-11-27-19(18(17)20(25)26)23(12-24)22-9-14-3-1-2-4-15(14)10-22/h1-8,11-12H,9-10H2,(H,25,26). The molecule has 0 bridgehead atoms. The first kappa shape index (κ1) is 17.9. The summed E-state index contributed by atoms with van der Waals surface area (Å²) in [7, 11) is 0. The Morgan fingerprint density at radius 2 is 1.74 bits per heavy atom. The van der Waals surface area contributed by atoms with Gasteiger partial charge in [-0.15, -0.1) is 11.3 Å². The largest absolute Gasteiger partial charge is 0.478 e. The fourth-order valence-electron chi connectivity index (χ4n) is 3.28. The Morgan fingerprint density at radius 3 is 2.30 bits per heavy atom. The molecule has 0 aliphatic carbocycles. The molecule has 3 aromatic rings. The van der Waals surface area contributed by atoms with Crippen LogP contribution in [0.3, 0.4) is 0 Å². The van der Waals surface area contributed by atoms with E-state index >= 15 is 0 Å². The van der Waals surface area contributed by atoms with E-state index in [1.54, 1.807) is 5.38 Å². The van der Waals surface area contributed by atoms with E-state index in [4.69, 9.17) is 0 Å². The second kappa shape index (κ2) is 7.26. The molecule has 1 aliphatic heterocycles. The molecule has 1 amide bonds. The molecule has 1 aliphatic rings. The molecule has 0 atom stereocenters. The van der Waals surface area contributed by atoms with Crippen LogP contribution in [0, 0.1) is 0 Å². The van der Waals surface area contributed by atoms with Crippen molar-refractivity contribution < 1.29 is 14.7 Å². The lowest BCUT2D eigenvalue weighted by Gasteiger charge is -2.27. The third-order valence-electron chi connectivity index (χ3n) is 4.58. The topological polar surface area (TPSA) is 60.9 Å². The number of fused-ring (bicyclic) bond motifs is 1. The highest BCUT2D eigenvalue weighted by Gasteiger charge is 2.30. The van der Waals surface area contributed by atoms with Gasteiger partial charge in [0.05, 0.1) is 0 Å². The molecule has 2 aromatic carbocycles. The number of carboxylic acids is 1. The minimum atomic E-state index is -1.05. The normalized spacial score (nSPS) is 13.4. The highest BCUT2D eigenvalue weighted by atomic mass is 79.9.